The maximum atomic E-state index is 10.9. The number of benzene rings is 1. The molecule has 0 aromatic heterocycles. The molecule has 0 radical (unpaired) electrons. The Balaban J connectivity index is 2.43. The molecule has 0 saturated carbocycles. The van der Waals surface area contributed by atoms with Crippen LogP contribution in [0.25, 0.3) is 0 Å². The highest BCUT2D eigenvalue weighted by molar-refractivity contribution is 5.64. The van der Waals surface area contributed by atoms with Gasteiger partial charge in [0.25, 0.3) is 0 Å². The summed E-state index contributed by atoms with van der Waals surface area (Å²) in [6, 6.07) is 10.0. The predicted octanol–water partition coefficient (Wildman–Crippen LogP) is 2.64. The van der Waals surface area contributed by atoms with E-state index in [2.05, 4.69) is 38.2 Å². The van der Waals surface area contributed by atoms with Crippen molar-refractivity contribution in [3.05, 3.63) is 35.9 Å². The summed E-state index contributed by atoms with van der Waals surface area (Å²) in [4.78, 5) is 10.9. The van der Waals surface area contributed by atoms with Crippen LogP contribution < -0.4 is 5.32 Å². The normalized spacial score (nSPS) is 21.5. The van der Waals surface area contributed by atoms with Gasteiger partial charge in [-0.05, 0) is 11.0 Å². The first-order chi connectivity index (χ1) is 8.88. The van der Waals surface area contributed by atoms with Crippen molar-refractivity contribution >= 4 is 6.09 Å². The van der Waals surface area contributed by atoms with Crippen LogP contribution in [-0.2, 0) is 10.2 Å². The maximum absolute atomic E-state index is 10.9. The van der Waals surface area contributed by atoms with Crippen molar-refractivity contribution in [2.45, 2.75) is 32.3 Å². The van der Waals surface area contributed by atoms with Crippen molar-refractivity contribution in [2.24, 2.45) is 5.41 Å². The predicted molar refractivity (Wildman–Crippen MR) is 73.3 cm³/mol. The Morgan fingerprint density at radius 3 is 2.37 bits per heavy atom. The molecule has 2 N–H and O–H groups in total. The van der Waals surface area contributed by atoms with Gasteiger partial charge in [0.1, 0.15) is 0 Å². The standard InChI is InChI=1S/C15H21NO3/c1-14(2,3)15(12-9-19-12,10-16-13(17)18)11-7-5-4-6-8-11/h4-8,12,16H,9-10H2,1-3H3,(H,17,18)/t12-,15-/m0/s1. The van der Waals surface area contributed by atoms with Crippen LogP contribution >= 0.6 is 0 Å². The summed E-state index contributed by atoms with van der Waals surface area (Å²) in [5.74, 6) is 0. The van der Waals surface area contributed by atoms with Gasteiger partial charge in [-0.15, -0.1) is 0 Å². The SMILES string of the molecule is CC(C)(C)[C@@](CNC(=O)O)(c1ccccc1)[C@@H]1CO1. The van der Waals surface area contributed by atoms with E-state index in [1.165, 1.54) is 0 Å². The molecule has 1 aliphatic heterocycles. The minimum Gasteiger partial charge on any atom is -0.465 e. The van der Waals surface area contributed by atoms with Gasteiger partial charge in [-0.25, -0.2) is 4.79 Å². The molecule has 2 atom stereocenters. The van der Waals surface area contributed by atoms with Crippen LogP contribution in [-0.4, -0.2) is 30.5 Å². The highest BCUT2D eigenvalue weighted by Gasteiger charge is 2.55. The van der Waals surface area contributed by atoms with Crippen molar-refractivity contribution in [2.75, 3.05) is 13.2 Å². The monoisotopic (exact) mass is 263 g/mol. The van der Waals surface area contributed by atoms with Gasteiger partial charge in [-0.3, -0.25) is 0 Å². The highest BCUT2D eigenvalue weighted by atomic mass is 16.6. The van der Waals surface area contributed by atoms with Crippen molar-refractivity contribution in [1.82, 2.24) is 5.32 Å². The van der Waals surface area contributed by atoms with Crippen LogP contribution in [0.5, 0.6) is 0 Å². The second-order valence-corrected chi connectivity index (χ2v) is 6.07. The summed E-state index contributed by atoms with van der Waals surface area (Å²) < 4.78 is 5.55. The molecule has 0 unspecified atom stereocenters. The van der Waals surface area contributed by atoms with Gasteiger partial charge in [0.05, 0.1) is 12.7 Å². The number of carboxylic acid groups (broad SMARTS) is 1. The van der Waals surface area contributed by atoms with E-state index in [9.17, 15) is 4.79 Å². The molecule has 0 spiro atoms. The van der Waals surface area contributed by atoms with E-state index >= 15 is 0 Å². The van der Waals surface area contributed by atoms with Crippen molar-refractivity contribution in [3.8, 4) is 0 Å². The molecular weight excluding hydrogens is 242 g/mol. The molecular formula is C15H21NO3. The van der Waals surface area contributed by atoms with Crippen LogP contribution in [0.2, 0.25) is 0 Å². The van der Waals surface area contributed by atoms with E-state index < -0.39 is 6.09 Å². The molecule has 1 aromatic carbocycles. The number of hydrogen-bond donors (Lipinski definition) is 2. The average molecular weight is 263 g/mol. The van der Waals surface area contributed by atoms with E-state index in [1.807, 2.05) is 18.2 Å². The van der Waals surface area contributed by atoms with Crippen LogP contribution in [0.4, 0.5) is 4.79 Å². The minimum atomic E-state index is -0.995. The number of epoxide rings is 1. The third-order valence-electron chi connectivity index (χ3n) is 4.03. The summed E-state index contributed by atoms with van der Waals surface area (Å²) in [6.07, 6.45) is -0.924. The lowest BCUT2D eigenvalue weighted by atomic mass is 9.60. The van der Waals surface area contributed by atoms with Crippen LogP contribution in [0.15, 0.2) is 30.3 Å². The van der Waals surface area contributed by atoms with Gasteiger partial charge < -0.3 is 15.2 Å². The molecule has 1 heterocycles. The number of carbonyl (C=O) groups is 1. The molecule has 19 heavy (non-hydrogen) atoms. The first-order valence-electron chi connectivity index (χ1n) is 6.52. The smallest absolute Gasteiger partial charge is 0.404 e. The molecule has 1 aromatic rings. The number of amides is 1. The Kier molecular flexibility index (Phi) is 3.54. The fourth-order valence-corrected chi connectivity index (χ4v) is 2.87. The number of ether oxygens (including phenoxy) is 1. The average Bonchev–Trinajstić information content (AvgIpc) is 3.14. The Labute approximate surface area is 113 Å². The second kappa shape index (κ2) is 4.85. The zero-order valence-electron chi connectivity index (χ0n) is 11.6. The van der Waals surface area contributed by atoms with E-state index in [0.29, 0.717) is 13.2 Å². The first kappa shape index (κ1) is 13.9. The second-order valence-electron chi connectivity index (χ2n) is 6.07. The van der Waals surface area contributed by atoms with E-state index in [-0.39, 0.29) is 16.9 Å². The van der Waals surface area contributed by atoms with Crippen molar-refractivity contribution in [3.63, 3.8) is 0 Å². The third-order valence-corrected chi connectivity index (χ3v) is 4.03. The number of nitrogens with one attached hydrogen (secondary N) is 1. The quantitative estimate of drug-likeness (QED) is 0.821. The van der Waals surface area contributed by atoms with Gasteiger partial charge in [0.2, 0.25) is 0 Å². The minimum absolute atomic E-state index is 0.0711. The number of hydrogen-bond acceptors (Lipinski definition) is 2. The molecule has 2 rings (SSSR count). The van der Waals surface area contributed by atoms with Crippen LogP contribution in [0, 0.1) is 5.41 Å². The zero-order chi connectivity index (χ0) is 14.1. The lowest BCUT2D eigenvalue weighted by Gasteiger charge is -2.44. The number of rotatable bonds is 4. The third kappa shape index (κ3) is 2.59. The molecule has 1 amide bonds. The Morgan fingerprint density at radius 2 is 1.95 bits per heavy atom. The molecule has 104 valence electrons. The summed E-state index contributed by atoms with van der Waals surface area (Å²) in [6.45, 7) is 7.44. The summed E-state index contributed by atoms with van der Waals surface area (Å²) in [7, 11) is 0. The van der Waals surface area contributed by atoms with E-state index in [0.717, 1.165) is 5.56 Å². The summed E-state index contributed by atoms with van der Waals surface area (Å²) in [5.41, 5.74) is 0.670. The van der Waals surface area contributed by atoms with Gasteiger partial charge in [0.15, 0.2) is 0 Å². The lowest BCUT2D eigenvalue weighted by Crippen LogP contribution is -2.53. The Hall–Kier alpha value is -1.55. The van der Waals surface area contributed by atoms with Gasteiger partial charge >= 0.3 is 6.09 Å². The van der Waals surface area contributed by atoms with E-state index in [4.69, 9.17) is 9.84 Å². The molecule has 4 heteroatoms. The summed E-state index contributed by atoms with van der Waals surface area (Å²) >= 11 is 0. The van der Waals surface area contributed by atoms with Crippen molar-refractivity contribution < 1.29 is 14.6 Å². The van der Waals surface area contributed by atoms with Crippen molar-refractivity contribution in [1.29, 1.82) is 0 Å². The molecule has 0 bridgehead atoms. The molecule has 1 fully saturated rings. The Bertz CT molecular complexity index is 448. The summed E-state index contributed by atoms with van der Waals surface area (Å²) in [5, 5.41) is 11.5. The van der Waals surface area contributed by atoms with E-state index in [1.54, 1.807) is 0 Å². The van der Waals surface area contributed by atoms with Crippen LogP contribution in [0.1, 0.15) is 26.3 Å². The fourth-order valence-electron chi connectivity index (χ4n) is 2.87. The highest BCUT2D eigenvalue weighted by Crippen LogP contribution is 2.48. The lowest BCUT2D eigenvalue weighted by molar-refractivity contribution is 0.125. The zero-order valence-corrected chi connectivity index (χ0v) is 11.6. The van der Waals surface area contributed by atoms with Gasteiger partial charge in [-0.2, -0.15) is 0 Å². The van der Waals surface area contributed by atoms with Crippen LogP contribution in [0.3, 0.4) is 0 Å². The molecule has 4 nitrogen and oxygen atoms in total. The van der Waals surface area contributed by atoms with Gasteiger partial charge in [0, 0.05) is 12.0 Å². The fraction of sp³-hybridized carbons (Fsp3) is 0.533. The first-order valence-corrected chi connectivity index (χ1v) is 6.52. The molecule has 1 aliphatic rings. The Morgan fingerprint density at radius 1 is 1.37 bits per heavy atom. The molecule has 1 saturated heterocycles. The van der Waals surface area contributed by atoms with Gasteiger partial charge in [-0.1, -0.05) is 51.1 Å². The molecule has 0 aliphatic carbocycles. The maximum Gasteiger partial charge on any atom is 0.404 e. The topological polar surface area (TPSA) is 61.9 Å². The largest absolute Gasteiger partial charge is 0.465 e.